The molecule has 2 amide bonds. The molecule has 26 heavy (non-hydrogen) atoms. The van der Waals surface area contributed by atoms with Crippen LogP contribution in [-0.2, 0) is 6.42 Å². The summed E-state index contributed by atoms with van der Waals surface area (Å²) in [6.07, 6.45) is 2.53. The Morgan fingerprint density at radius 2 is 1.65 bits per heavy atom. The number of rotatable bonds is 4. The standard InChI is InChI=1S/C22H19N3O/c26-22(25-20-11-10-16-5-1-2-6-19(16)15-20)24-14-12-18-8-3-7-17-9-4-13-23-21(17)18/h1-11,13,15H,12,14H2,(H2,24,25,26). The molecule has 0 fully saturated rings. The van der Waals surface area contributed by atoms with Gasteiger partial charge in [-0.1, -0.05) is 54.6 Å². The lowest BCUT2D eigenvalue weighted by Gasteiger charge is -2.09. The third-order valence-electron chi connectivity index (χ3n) is 4.40. The maximum atomic E-state index is 12.2. The maximum Gasteiger partial charge on any atom is 0.319 e. The Labute approximate surface area is 151 Å². The van der Waals surface area contributed by atoms with E-state index in [9.17, 15) is 4.79 Å². The van der Waals surface area contributed by atoms with Crippen molar-refractivity contribution in [3.8, 4) is 0 Å². The second-order valence-corrected chi connectivity index (χ2v) is 6.19. The van der Waals surface area contributed by atoms with Gasteiger partial charge in [-0.05, 0) is 41.0 Å². The minimum absolute atomic E-state index is 0.200. The highest BCUT2D eigenvalue weighted by atomic mass is 16.2. The van der Waals surface area contributed by atoms with E-state index in [0.29, 0.717) is 6.54 Å². The fourth-order valence-electron chi connectivity index (χ4n) is 3.12. The minimum atomic E-state index is -0.200. The Bertz CT molecular complexity index is 1070. The number of amides is 2. The molecule has 0 unspecified atom stereocenters. The Morgan fingerprint density at radius 1 is 0.846 bits per heavy atom. The Morgan fingerprint density at radius 3 is 2.58 bits per heavy atom. The van der Waals surface area contributed by atoms with Gasteiger partial charge in [0.15, 0.2) is 0 Å². The maximum absolute atomic E-state index is 12.2. The molecule has 0 aliphatic heterocycles. The third kappa shape index (κ3) is 3.49. The van der Waals surface area contributed by atoms with Crippen molar-refractivity contribution in [2.45, 2.75) is 6.42 Å². The average Bonchev–Trinajstić information content (AvgIpc) is 2.68. The summed E-state index contributed by atoms with van der Waals surface area (Å²) in [5.41, 5.74) is 2.91. The molecule has 0 saturated heterocycles. The Hall–Kier alpha value is -3.40. The lowest BCUT2D eigenvalue weighted by Crippen LogP contribution is -2.30. The van der Waals surface area contributed by atoms with E-state index in [4.69, 9.17) is 0 Å². The largest absolute Gasteiger partial charge is 0.338 e. The number of carbonyl (C=O) groups is 1. The van der Waals surface area contributed by atoms with E-state index in [1.54, 1.807) is 6.20 Å². The third-order valence-corrected chi connectivity index (χ3v) is 4.40. The number of anilines is 1. The van der Waals surface area contributed by atoms with Crippen molar-refractivity contribution in [1.82, 2.24) is 10.3 Å². The van der Waals surface area contributed by atoms with Gasteiger partial charge >= 0.3 is 6.03 Å². The minimum Gasteiger partial charge on any atom is -0.338 e. The smallest absolute Gasteiger partial charge is 0.319 e. The first kappa shape index (κ1) is 16.1. The Balaban J connectivity index is 1.37. The van der Waals surface area contributed by atoms with Gasteiger partial charge < -0.3 is 10.6 Å². The molecule has 4 rings (SSSR count). The van der Waals surface area contributed by atoms with E-state index in [1.165, 1.54) is 0 Å². The number of hydrogen-bond acceptors (Lipinski definition) is 2. The van der Waals surface area contributed by atoms with Gasteiger partial charge in [0.05, 0.1) is 5.52 Å². The van der Waals surface area contributed by atoms with Crippen molar-refractivity contribution >= 4 is 33.4 Å². The lowest BCUT2D eigenvalue weighted by atomic mass is 10.1. The molecular formula is C22H19N3O. The molecule has 4 heteroatoms. The Kier molecular flexibility index (Phi) is 4.48. The molecule has 1 heterocycles. The molecule has 0 spiro atoms. The molecule has 3 aromatic carbocycles. The van der Waals surface area contributed by atoms with E-state index in [2.05, 4.69) is 27.8 Å². The van der Waals surface area contributed by atoms with Crippen LogP contribution in [0.4, 0.5) is 10.5 Å². The van der Waals surface area contributed by atoms with E-state index in [1.807, 2.05) is 60.7 Å². The fourth-order valence-corrected chi connectivity index (χ4v) is 3.12. The van der Waals surface area contributed by atoms with Gasteiger partial charge in [0, 0.05) is 23.8 Å². The van der Waals surface area contributed by atoms with E-state index in [-0.39, 0.29) is 6.03 Å². The summed E-state index contributed by atoms with van der Waals surface area (Å²) in [5.74, 6) is 0. The first-order valence-electron chi connectivity index (χ1n) is 8.66. The molecule has 4 aromatic rings. The van der Waals surface area contributed by atoms with Crippen molar-refractivity contribution in [3.05, 3.63) is 84.6 Å². The summed E-state index contributed by atoms with van der Waals surface area (Å²) in [6.45, 7) is 0.551. The highest BCUT2D eigenvalue weighted by Gasteiger charge is 2.05. The first-order valence-corrected chi connectivity index (χ1v) is 8.66. The summed E-state index contributed by atoms with van der Waals surface area (Å²) < 4.78 is 0. The van der Waals surface area contributed by atoms with Crippen LogP contribution in [0.1, 0.15) is 5.56 Å². The zero-order valence-electron chi connectivity index (χ0n) is 14.3. The normalized spacial score (nSPS) is 10.8. The molecule has 0 aliphatic carbocycles. The number of benzene rings is 3. The number of nitrogens with one attached hydrogen (secondary N) is 2. The van der Waals surface area contributed by atoms with Crippen LogP contribution in [-0.4, -0.2) is 17.6 Å². The van der Waals surface area contributed by atoms with E-state index in [0.717, 1.165) is 39.3 Å². The van der Waals surface area contributed by atoms with Gasteiger partial charge in [0.2, 0.25) is 0 Å². The average molecular weight is 341 g/mol. The van der Waals surface area contributed by atoms with Crippen molar-refractivity contribution in [2.24, 2.45) is 0 Å². The molecule has 0 radical (unpaired) electrons. The molecule has 0 atom stereocenters. The number of urea groups is 1. The number of aromatic nitrogens is 1. The van der Waals surface area contributed by atoms with Crippen LogP contribution in [0.5, 0.6) is 0 Å². The van der Waals surface area contributed by atoms with E-state index < -0.39 is 0 Å². The molecule has 0 saturated carbocycles. The predicted octanol–water partition coefficient (Wildman–Crippen LogP) is 4.75. The van der Waals surface area contributed by atoms with Crippen LogP contribution in [0.25, 0.3) is 21.7 Å². The first-order chi connectivity index (χ1) is 12.8. The number of pyridine rings is 1. The summed E-state index contributed by atoms with van der Waals surface area (Å²) in [6, 6.07) is 23.9. The van der Waals surface area contributed by atoms with Gasteiger partial charge in [-0.25, -0.2) is 4.79 Å². The van der Waals surface area contributed by atoms with Crippen LogP contribution in [0, 0.1) is 0 Å². The monoisotopic (exact) mass is 341 g/mol. The zero-order valence-corrected chi connectivity index (χ0v) is 14.3. The quantitative estimate of drug-likeness (QED) is 0.563. The van der Waals surface area contributed by atoms with Crippen molar-refractivity contribution in [1.29, 1.82) is 0 Å². The van der Waals surface area contributed by atoms with Gasteiger partial charge in [-0.15, -0.1) is 0 Å². The van der Waals surface area contributed by atoms with Crippen LogP contribution in [0.2, 0.25) is 0 Å². The second-order valence-electron chi connectivity index (χ2n) is 6.19. The van der Waals surface area contributed by atoms with Crippen molar-refractivity contribution < 1.29 is 4.79 Å². The van der Waals surface area contributed by atoms with Crippen LogP contribution >= 0.6 is 0 Å². The molecule has 1 aromatic heterocycles. The molecule has 0 bridgehead atoms. The molecule has 2 N–H and O–H groups in total. The summed E-state index contributed by atoms with van der Waals surface area (Å²) >= 11 is 0. The fraction of sp³-hybridized carbons (Fsp3) is 0.0909. The lowest BCUT2D eigenvalue weighted by molar-refractivity contribution is 0.252. The molecular weight excluding hydrogens is 322 g/mol. The van der Waals surface area contributed by atoms with Crippen molar-refractivity contribution in [3.63, 3.8) is 0 Å². The number of hydrogen-bond donors (Lipinski definition) is 2. The van der Waals surface area contributed by atoms with Gasteiger partial charge in [0.25, 0.3) is 0 Å². The molecule has 128 valence electrons. The topological polar surface area (TPSA) is 54.0 Å². The van der Waals surface area contributed by atoms with E-state index >= 15 is 0 Å². The number of fused-ring (bicyclic) bond motifs is 2. The number of nitrogens with zero attached hydrogens (tertiary/aromatic N) is 1. The molecule has 4 nitrogen and oxygen atoms in total. The van der Waals surface area contributed by atoms with Gasteiger partial charge in [0.1, 0.15) is 0 Å². The van der Waals surface area contributed by atoms with Gasteiger partial charge in [-0.3, -0.25) is 4.98 Å². The summed E-state index contributed by atoms with van der Waals surface area (Å²) in [7, 11) is 0. The zero-order chi connectivity index (χ0) is 17.8. The van der Waals surface area contributed by atoms with Crippen LogP contribution in [0.15, 0.2) is 79.0 Å². The second kappa shape index (κ2) is 7.23. The van der Waals surface area contributed by atoms with Crippen LogP contribution < -0.4 is 10.6 Å². The molecule has 0 aliphatic rings. The van der Waals surface area contributed by atoms with Gasteiger partial charge in [-0.2, -0.15) is 0 Å². The predicted molar refractivity (Wildman–Crippen MR) is 106 cm³/mol. The van der Waals surface area contributed by atoms with Crippen LogP contribution in [0.3, 0.4) is 0 Å². The number of para-hydroxylation sites is 1. The number of carbonyl (C=O) groups excluding carboxylic acids is 1. The van der Waals surface area contributed by atoms with Crippen molar-refractivity contribution in [2.75, 3.05) is 11.9 Å². The highest BCUT2D eigenvalue weighted by molar-refractivity contribution is 5.93. The highest BCUT2D eigenvalue weighted by Crippen LogP contribution is 2.19. The summed E-state index contributed by atoms with van der Waals surface area (Å²) in [4.78, 5) is 16.6. The summed E-state index contributed by atoms with van der Waals surface area (Å²) in [5, 5.41) is 9.18. The SMILES string of the molecule is O=C(NCCc1cccc2cccnc12)Nc1ccc2ccccc2c1.